The second-order valence-electron chi connectivity index (χ2n) is 5.38. The molecule has 1 aliphatic rings. The van der Waals surface area contributed by atoms with Gasteiger partial charge in [-0.25, -0.2) is 0 Å². The van der Waals surface area contributed by atoms with Gasteiger partial charge in [0.25, 0.3) is 0 Å². The fraction of sp³-hybridized carbons (Fsp3) is 0.571. The van der Waals surface area contributed by atoms with Crippen molar-refractivity contribution in [3.05, 3.63) is 27.6 Å². The number of likely N-dealkylation sites (N-methyl/N-ethyl adjacent to an activating group) is 1. The molecule has 0 aliphatic carbocycles. The van der Waals surface area contributed by atoms with Crippen molar-refractivity contribution in [3.63, 3.8) is 0 Å². The van der Waals surface area contributed by atoms with Crippen molar-refractivity contribution in [3.8, 4) is 0 Å². The zero-order chi connectivity index (χ0) is 14.5. The minimum absolute atomic E-state index is 0.227. The minimum Gasteiger partial charge on any atom is -0.339 e. The average Bonchev–Trinajstić information content (AvgIpc) is 2.41. The van der Waals surface area contributed by atoms with E-state index in [0.29, 0.717) is 6.54 Å². The predicted octanol–water partition coefficient (Wildman–Crippen LogP) is 0.892. The number of hydrogen-bond acceptors (Lipinski definition) is 4. The van der Waals surface area contributed by atoms with Gasteiger partial charge in [-0.1, -0.05) is 6.07 Å². The quantitative estimate of drug-likeness (QED) is 0.568. The third-order valence-corrected chi connectivity index (χ3v) is 4.01. The van der Waals surface area contributed by atoms with E-state index in [0.717, 1.165) is 36.4 Å². The number of halogens is 1. The maximum absolute atomic E-state index is 12.0. The fourth-order valence-electron chi connectivity index (χ4n) is 2.28. The molecule has 6 heteroatoms. The zero-order valence-corrected chi connectivity index (χ0v) is 14.2. The van der Waals surface area contributed by atoms with Gasteiger partial charge in [0.1, 0.15) is 3.70 Å². The van der Waals surface area contributed by atoms with E-state index in [1.54, 1.807) is 0 Å². The number of amides is 1. The first-order valence-electron chi connectivity index (χ1n) is 6.80. The molecule has 1 amide bonds. The molecule has 2 heterocycles. The minimum atomic E-state index is 0.227. The summed E-state index contributed by atoms with van der Waals surface area (Å²) in [5.74, 6) is 0.227. The average molecular weight is 388 g/mol. The zero-order valence-electron chi connectivity index (χ0n) is 12.0. The van der Waals surface area contributed by atoms with Crippen LogP contribution in [0.3, 0.4) is 0 Å². The summed E-state index contributed by atoms with van der Waals surface area (Å²) < 4.78 is 1.02. The monoisotopic (exact) mass is 388 g/mol. The number of pyridine rings is 1. The maximum atomic E-state index is 12.0. The number of hydrogen-bond donors (Lipinski definition) is 0. The lowest BCUT2D eigenvalue weighted by Crippen LogP contribution is -2.50. The first kappa shape index (κ1) is 15.7. The van der Waals surface area contributed by atoms with Gasteiger partial charge in [0.15, 0.2) is 0 Å². The maximum Gasteiger partial charge on any atom is 0.236 e. The summed E-state index contributed by atoms with van der Waals surface area (Å²) in [6.07, 6.45) is 1.94. The van der Waals surface area contributed by atoms with E-state index in [9.17, 15) is 4.79 Å². The van der Waals surface area contributed by atoms with Crippen LogP contribution in [0.1, 0.15) is 5.56 Å². The molecule has 0 unspecified atom stereocenters. The Morgan fingerprint density at radius 2 is 2.00 bits per heavy atom. The van der Waals surface area contributed by atoms with Crippen molar-refractivity contribution >= 4 is 28.5 Å². The Balaban J connectivity index is 1.79. The molecule has 110 valence electrons. The normalized spacial score (nSPS) is 16.7. The molecule has 5 nitrogen and oxygen atoms in total. The van der Waals surface area contributed by atoms with E-state index in [2.05, 4.69) is 38.5 Å². The first-order valence-corrected chi connectivity index (χ1v) is 7.88. The highest BCUT2D eigenvalue weighted by molar-refractivity contribution is 14.1. The van der Waals surface area contributed by atoms with E-state index in [1.807, 2.05) is 36.2 Å². The van der Waals surface area contributed by atoms with Gasteiger partial charge in [-0.2, -0.15) is 0 Å². The van der Waals surface area contributed by atoms with E-state index >= 15 is 0 Å². The third kappa shape index (κ3) is 4.68. The molecule has 0 atom stereocenters. The van der Waals surface area contributed by atoms with Gasteiger partial charge >= 0.3 is 0 Å². The largest absolute Gasteiger partial charge is 0.339 e. The van der Waals surface area contributed by atoms with Crippen LogP contribution in [0.4, 0.5) is 0 Å². The predicted molar refractivity (Wildman–Crippen MR) is 87.4 cm³/mol. The topological polar surface area (TPSA) is 39.7 Å². The second kappa shape index (κ2) is 7.33. The van der Waals surface area contributed by atoms with E-state index in [4.69, 9.17) is 0 Å². The van der Waals surface area contributed by atoms with Crippen LogP contribution >= 0.6 is 22.6 Å². The van der Waals surface area contributed by atoms with Gasteiger partial charge in [0.2, 0.25) is 5.91 Å². The van der Waals surface area contributed by atoms with Gasteiger partial charge in [0.05, 0.1) is 6.54 Å². The first-order chi connectivity index (χ1) is 9.54. The smallest absolute Gasteiger partial charge is 0.236 e. The van der Waals surface area contributed by atoms with Crippen LogP contribution in [0, 0.1) is 3.70 Å². The van der Waals surface area contributed by atoms with Gasteiger partial charge < -0.3 is 9.80 Å². The summed E-state index contributed by atoms with van der Waals surface area (Å²) >= 11 is 2.21. The number of carbonyl (C=O) groups is 1. The molecular weight excluding hydrogens is 367 g/mol. The summed E-state index contributed by atoms with van der Waals surface area (Å²) in [6.45, 7) is 4.94. The Bertz CT molecular complexity index is 441. The SMILES string of the molecule is CN(C)CC(=O)N1CCN(Cc2ccc(I)nc2)CC1. The molecule has 0 spiro atoms. The third-order valence-electron chi connectivity index (χ3n) is 3.37. The van der Waals surface area contributed by atoms with Crippen LogP contribution < -0.4 is 0 Å². The Labute approximate surface area is 134 Å². The van der Waals surface area contributed by atoms with Crippen molar-refractivity contribution < 1.29 is 4.79 Å². The van der Waals surface area contributed by atoms with Gasteiger partial charge in [0, 0.05) is 38.9 Å². The highest BCUT2D eigenvalue weighted by atomic mass is 127. The molecule has 1 aromatic heterocycles. The summed E-state index contributed by atoms with van der Waals surface area (Å²) in [5.41, 5.74) is 1.23. The van der Waals surface area contributed by atoms with Crippen LogP contribution in [0.2, 0.25) is 0 Å². The van der Waals surface area contributed by atoms with Crippen LogP contribution in [-0.4, -0.2) is 72.4 Å². The summed E-state index contributed by atoms with van der Waals surface area (Å²) in [6, 6.07) is 4.16. The number of piperazine rings is 1. The Kier molecular flexibility index (Phi) is 5.74. The van der Waals surface area contributed by atoms with Gasteiger partial charge in [-0.05, 0) is 48.3 Å². The van der Waals surface area contributed by atoms with Gasteiger partial charge in [-0.3, -0.25) is 14.7 Å². The van der Waals surface area contributed by atoms with Crippen molar-refractivity contribution in [2.75, 3.05) is 46.8 Å². The molecule has 0 aromatic carbocycles. The van der Waals surface area contributed by atoms with Gasteiger partial charge in [-0.15, -0.1) is 0 Å². The van der Waals surface area contributed by atoms with Crippen LogP contribution in [0.25, 0.3) is 0 Å². The second-order valence-corrected chi connectivity index (χ2v) is 6.49. The van der Waals surface area contributed by atoms with Crippen LogP contribution in [-0.2, 0) is 11.3 Å². The highest BCUT2D eigenvalue weighted by Gasteiger charge is 2.21. The molecule has 1 aromatic rings. The van der Waals surface area contributed by atoms with Crippen LogP contribution in [0.5, 0.6) is 0 Å². The molecule has 2 rings (SSSR count). The molecule has 1 fully saturated rings. The lowest BCUT2D eigenvalue weighted by molar-refractivity contribution is -0.133. The van der Waals surface area contributed by atoms with Crippen molar-refractivity contribution in [2.45, 2.75) is 6.54 Å². The molecule has 0 saturated carbocycles. The van der Waals surface area contributed by atoms with Crippen molar-refractivity contribution in [1.82, 2.24) is 19.7 Å². The molecule has 0 bridgehead atoms. The standard InChI is InChI=1S/C14H21IN4O/c1-17(2)11-14(20)19-7-5-18(6-8-19)10-12-3-4-13(15)16-9-12/h3-4,9H,5-8,10-11H2,1-2H3. The summed E-state index contributed by atoms with van der Waals surface area (Å²) in [5, 5.41) is 0. The van der Waals surface area contributed by atoms with Crippen LogP contribution in [0.15, 0.2) is 18.3 Å². The molecule has 0 radical (unpaired) electrons. The number of rotatable bonds is 4. The molecule has 1 saturated heterocycles. The van der Waals surface area contributed by atoms with Crippen molar-refractivity contribution in [1.29, 1.82) is 0 Å². The Morgan fingerprint density at radius 3 is 2.55 bits per heavy atom. The fourth-order valence-corrected chi connectivity index (χ4v) is 2.60. The van der Waals surface area contributed by atoms with E-state index in [-0.39, 0.29) is 5.91 Å². The van der Waals surface area contributed by atoms with Crippen molar-refractivity contribution in [2.24, 2.45) is 0 Å². The number of aromatic nitrogens is 1. The Morgan fingerprint density at radius 1 is 1.30 bits per heavy atom. The lowest BCUT2D eigenvalue weighted by atomic mass is 10.2. The highest BCUT2D eigenvalue weighted by Crippen LogP contribution is 2.09. The number of carbonyl (C=O) groups excluding carboxylic acids is 1. The number of nitrogens with zero attached hydrogens (tertiary/aromatic N) is 4. The molecule has 20 heavy (non-hydrogen) atoms. The molecular formula is C14H21IN4O. The summed E-state index contributed by atoms with van der Waals surface area (Å²) in [4.78, 5) is 22.5. The molecule has 0 N–H and O–H groups in total. The molecule has 1 aliphatic heterocycles. The Hall–Kier alpha value is -0.730. The van der Waals surface area contributed by atoms with E-state index in [1.165, 1.54) is 5.56 Å². The van der Waals surface area contributed by atoms with E-state index < -0.39 is 0 Å². The lowest BCUT2D eigenvalue weighted by Gasteiger charge is -2.35. The summed E-state index contributed by atoms with van der Waals surface area (Å²) in [7, 11) is 3.86.